The molecular weight excluding hydrogens is 226 g/mol. The minimum absolute atomic E-state index is 0.203. The molecule has 0 aliphatic carbocycles. The van der Waals surface area contributed by atoms with Gasteiger partial charge >= 0.3 is 0 Å². The van der Waals surface area contributed by atoms with Crippen molar-refractivity contribution in [3.8, 4) is 0 Å². The third-order valence-electron chi connectivity index (χ3n) is 3.03. The zero-order chi connectivity index (χ0) is 12.2. The van der Waals surface area contributed by atoms with E-state index in [0.29, 0.717) is 6.54 Å². The van der Waals surface area contributed by atoms with Gasteiger partial charge in [-0.05, 0) is 25.2 Å². The second-order valence-corrected chi connectivity index (χ2v) is 6.84. The van der Waals surface area contributed by atoms with Crippen molar-refractivity contribution in [3.05, 3.63) is 0 Å². The highest BCUT2D eigenvalue weighted by Crippen LogP contribution is 2.17. The zero-order valence-corrected chi connectivity index (χ0v) is 11.0. The second-order valence-electron chi connectivity index (χ2n) is 4.83. The number of hydrogen-bond donors (Lipinski definition) is 1. The lowest BCUT2D eigenvalue weighted by molar-refractivity contribution is 0.108. The summed E-state index contributed by atoms with van der Waals surface area (Å²) >= 11 is 0. The highest BCUT2D eigenvalue weighted by Gasteiger charge is 2.28. The molecule has 1 heterocycles. The molecule has 0 aromatic rings. The first-order valence-corrected chi connectivity index (χ1v) is 7.72. The van der Waals surface area contributed by atoms with E-state index in [4.69, 9.17) is 0 Å². The predicted molar refractivity (Wildman–Crippen MR) is 64.7 cm³/mol. The van der Waals surface area contributed by atoms with Gasteiger partial charge in [-0.2, -0.15) is 4.31 Å². The number of β-amino-alcohol motifs (C(OH)–C–C–N with tert-alkyl or cyclic N) is 1. The summed E-state index contributed by atoms with van der Waals surface area (Å²) in [6.07, 6.45) is 2.96. The fourth-order valence-corrected chi connectivity index (χ4v) is 4.12. The maximum Gasteiger partial charge on any atom is 0.214 e. The normalized spacial score (nSPS) is 25.6. The van der Waals surface area contributed by atoms with Crippen molar-refractivity contribution in [1.29, 1.82) is 0 Å². The average molecular weight is 249 g/mol. The first kappa shape index (κ1) is 13.9. The van der Waals surface area contributed by atoms with Crippen molar-refractivity contribution >= 4 is 10.0 Å². The number of aliphatic hydroxyl groups excluding tert-OH is 1. The van der Waals surface area contributed by atoms with E-state index in [9.17, 15) is 13.5 Å². The van der Waals surface area contributed by atoms with Gasteiger partial charge in [0.15, 0.2) is 0 Å². The Labute approximate surface area is 98.7 Å². The van der Waals surface area contributed by atoms with E-state index in [1.54, 1.807) is 0 Å². The standard InChI is InChI=1S/C11H23NO3S/c1-3-5-10(2)9-16(14,15)12-7-4-6-11(13)8-12/h10-11,13H,3-9H2,1-2H3. The Bertz CT molecular complexity index is 302. The van der Waals surface area contributed by atoms with E-state index in [2.05, 4.69) is 6.92 Å². The Balaban J connectivity index is 2.55. The molecule has 2 atom stereocenters. The van der Waals surface area contributed by atoms with Crippen molar-refractivity contribution < 1.29 is 13.5 Å². The molecule has 16 heavy (non-hydrogen) atoms. The number of nitrogens with zero attached hydrogens (tertiary/aromatic N) is 1. The molecule has 0 radical (unpaired) electrons. The zero-order valence-electron chi connectivity index (χ0n) is 10.2. The number of rotatable bonds is 5. The predicted octanol–water partition coefficient (Wildman–Crippen LogP) is 1.21. The summed E-state index contributed by atoms with van der Waals surface area (Å²) < 4.78 is 25.5. The molecule has 1 fully saturated rings. The SMILES string of the molecule is CCCC(C)CS(=O)(=O)N1CCCC(O)C1. The van der Waals surface area contributed by atoms with Crippen LogP contribution in [0.1, 0.15) is 39.5 Å². The van der Waals surface area contributed by atoms with Crippen LogP contribution in [0.2, 0.25) is 0 Å². The Hall–Kier alpha value is -0.130. The van der Waals surface area contributed by atoms with Gasteiger partial charge in [0.2, 0.25) is 10.0 Å². The lowest BCUT2D eigenvalue weighted by Crippen LogP contribution is -2.43. The van der Waals surface area contributed by atoms with E-state index in [1.807, 2.05) is 6.92 Å². The maximum atomic E-state index is 12.0. The summed E-state index contributed by atoms with van der Waals surface area (Å²) in [5.41, 5.74) is 0. The fourth-order valence-electron chi connectivity index (χ4n) is 2.21. The molecular formula is C11H23NO3S. The van der Waals surface area contributed by atoms with Crippen LogP contribution in [-0.4, -0.2) is 42.8 Å². The molecule has 96 valence electrons. The molecule has 0 bridgehead atoms. The minimum atomic E-state index is -3.16. The summed E-state index contributed by atoms with van der Waals surface area (Å²) in [7, 11) is -3.16. The van der Waals surface area contributed by atoms with Crippen LogP contribution >= 0.6 is 0 Å². The van der Waals surface area contributed by atoms with Crippen LogP contribution in [0.5, 0.6) is 0 Å². The van der Waals surface area contributed by atoms with Crippen LogP contribution in [0, 0.1) is 5.92 Å². The highest BCUT2D eigenvalue weighted by atomic mass is 32.2. The van der Waals surface area contributed by atoms with Gasteiger partial charge < -0.3 is 5.11 Å². The van der Waals surface area contributed by atoms with E-state index in [-0.39, 0.29) is 18.2 Å². The van der Waals surface area contributed by atoms with Gasteiger partial charge in [0, 0.05) is 13.1 Å². The van der Waals surface area contributed by atoms with Crippen molar-refractivity contribution in [2.45, 2.75) is 45.6 Å². The number of aliphatic hydroxyl groups is 1. The van der Waals surface area contributed by atoms with Crippen molar-refractivity contribution in [2.75, 3.05) is 18.8 Å². The Morgan fingerprint density at radius 3 is 2.75 bits per heavy atom. The van der Waals surface area contributed by atoms with E-state index in [1.165, 1.54) is 4.31 Å². The van der Waals surface area contributed by atoms with Gasteiger partial charge in [-0.15, -0.1) is 0 Å². The monoisotopic (exact) mass is 249 g/mol. The van der Waals surface area contributed by atoms with Crippen molar-refractivity contribution in [2.24, 2.45) is 5.92 Å². The summed E-state index contributed by atoms with van der Waals surface area (Å²) in [4.78, 5) is 0. The molecule has 1 aliphatic rings. The molecule has 0 amide bonds. The van der Waals surface area contributed by atoms with Gasteiger partial charge in [-0.25, -0.2) is 8.42 Å². The Kier molecular flexibility index (Phi) is 5.21. The summed E-state index contributed by atoms with van der Waals surface area (Å²) in [5.74, 6) is 0.419. The molecule has 1 N–H and O–H groups in total. The summed E-state index contributed by atoms with van der Waals surface area (Å²) in [5, 5.41) is 9.47. The van der Waals surface area contributed by atoms with E-state index < -0.39 is 16.1 Å². The fraction of sp³-hybridized carbons (Fsp3) is 1.00. The van der Waals surface area contributed by atoms with E-state index in [0.717, 1.165) is 25.7 Å². The van der Waals surface area contributed by atoms with Crippen LogP contribution in [0.15, 0.2) is 0 Å². The number of sulfonamides is 1. The third kappa shape index (κ3) is 4.03. The first-order chi connectivity index (χ1) is 7.45. The van der Waals surface area contributed by atoms with Gasteiger partial charge in [-0.1, -0.05) is 20.3 Å². The molecule has 1 aliphatic heterocycles. The van der Waals surface area contributed by atoms with Gasteiger partial charge in [0.25, 0.3) is 0 Å². The summed E-state index contributed by atoms with van der Waals surface area (Å²) in [6.45, 7) is 4.88. The molecule has 2 unspecified atom stereocenters. The van der Waals surface area contributed by atoms with Crippen LogP contribution in [-0.2, 0) is 10.0 Å². The third-order valence-corrected chi connectivity index (χ3v) is 5.14. The van der Waals surface area contributed by atoms with Crippen LogP contribution < -0.4 is 0 Å². The Morgan fingerprint density at radius 1 is 1.50 bits per heavy atom. The largest absolute Gasteiger partial charge is 0.392 e. The second kappa shape index (κ2) is 5.98. The minimum Gasteiger partial charge on any atom is -0.392 e. The van der Waals surface area contributed by atoms with Gasteiger partial charge in [0.1, 0.15) is 0 Å². The van der Waals surface area contributed by atoms with Gasteiger partial charge in [-0.3, -0.25) is 0 Å². The highest BCUT2D eigenvalue weighted by molar-refractivity contribution is 7.89. The van der Waals surface area contributed by atoms with Crippen LogP contribution in [0.4, 0.5) is 0 Å². The van der Waals surface area contributed by atoms with E-state index >= 15 is 0 Å². The molecule has 0 saturated carbocycles. The van der Waals surface area contributed by atoms with Gasteiger partial charge in [0.05, 0.1) is 11.9 Å². The van der Waals surface area contributed by atoms with Crippen LogP contribution in [0.3, 0.4) is 0 Å². The number of hydrogen-bond acceptors (Lipinski definition) is 3. The molecule has 1 rings (SSSR count). The average Bonchev–Trinajstić information content (AvgIpc) is 2.17. The smallest absolute Gasteiger partial charge is 0.214 e. The maximum absolute atomic E-state index is 12.0. The van der Waals surface area contributed by atoms with Crippen molar-refractivity contribution in [3.63, 3.8) is 0 Å². The lowest BCUT2D eigenvalue weighted by Gasteiger charge is -2.30. The van der Waals surface area contributed by atoms with Crippen molar-refractivity contribution in [1.82, 2.24) is 4.31 Å². The Morgan fingerprint density at radius 2 is 2.19 bits per heavy atom. The number of piperidine rings is 1. The summed E-state index contributed by atoms with van der Waals surface area (Å²) in [6, 6.07) is 0. The molecule has 0 spiro atoms. The molecule has 0 aromatic carbocycles. The molecule has 1 saturated heterocycles. The topological polar surface area (TPSA) is 57.6 Å². The molecule has 5 heteroatoms. The first-order valence-electron chi connectivity index (χ1n) is 6.11. The lowest BCUT2D eigenvalue weighted by atomic mass is 10.1. The van der Waals surface area contributed by atoms with Crippen LogP contribution in [0.25, 0.3) is 0 Å². The quantitative estimate of drug-likeness (QED) is 0.796. The molecule has 4 nitrogen and oxygen atoms in total. The molecule has 0 aromatic heterocycles.